The van der Waals surface area contributed by atoms with Crippen molar-refractivity contribution in [2.24, 2.45) is 17.8 Å². The van der Waals surface area contributed by atoms with Crippen LogP contribution in [0.15, 0.2) is 12.2 Å². The van der Waals surface area contributed by atoms with E-state index in [0.717, 1.165) is 30.3 Å². The third-order valence-corrected chi connectivity index (χ3v) is 7.30. The molecule has 130 valence electrons. The highest BCUT2D eigenvalue weighted by atomic mass is 16.3. The summed E-state index contributed by atoms with van der Waals surface area (Å²) >= 11 is 0. The molecule has 2 bridgehead atoms. The molecule has 2 aliphatic carbocycles. The standard InChI is InChI=1S/C19H33N3O/c23-12-11-20-7-9-22(10-8-20)19-3-5-21(6-4-19)15-18-14-16-1-2-17(18)13-16/h1-2,16-19,23H,3-15H2/p+3/t16-,17+,18-/m0/s1. The molecule has 4 nitrogen and oxygen atoms in total. The minimum Gasteiger partial charge on any atom is -0.391 e. The van der Waals surface area contributed by atoms with Crippen molar-refractivity contribution in [1.29, 1.82) is 0 Å². The molecule has 0 radical (unpaired) electrons. The van der Waals surface area contributed by atoms with Gasteiger partial charge in [-0.25, -0.2) is 0 Å². The molecule has 4 aliphatic rings. The van der Waals surface area contributed by atoms with E-state index in [1.165, 1.54) is 71.5 Å². The van der Waals surface area contributed by atoms with E-state index < -0.39 is 0 Å². The molecular formula is C19H36N3O+3. The van der Waals surface area contributed by atoms with E-state index in [1.54, 1.807) is 4.90 Å². The number of piperidine rings is 1. The molecule has 3 atom stereocenters. The van der Waals surface area contributed by atoms with Crippen LogP contribution in [0.3, 0.4) is 0 Å². The number of allylic oxidation sites excluding steroid dienone is 2. The van der Waals surface area contributed by atoms with Crippen LogP contribution in [0.5, 0.6) is 0 Å². The van der Waals surface area contributed by atoms with Gasteiger partial charge in [0, 0.05) is 18.8 Å². The first-order valence-corrected chi connectivity index (χ1v) is 10.1. The number of likely N-dealkylation sites (tertiary alicyclic amines) is 1. The number of rotatable bonds is 5. The van der Waals surface area contributed by atoms with Crippen molar-refractivity contribution in [3.05, 3.63) is 12.2 Å². The highest BCUT2D eigenvalue weighted by Gasteiger charge is 2.39. The molecule has 0 aromatic carbocycles. The Balaban J connectivity index is 1.19. The summed E-state index contributed by atoms with van der Waals surface area (Å²) < 4.78 is 0. The Morgan fingerprint density at radius 3 is 2.26 bits per heavy atom. The summed E-state index contributed by atoms with van der Waals surface area (Å²) in [5, 5.41) is 9.08. The van der Waals surface area contributed by atoms with Crippen LogP contribution in [-0.2, 0) is 0 Å². The smallest absolute Gasteiger partial charge is 0.127 e. The maximum absolute atomic E-state index is 9.08. The van der Waals surface area contributed by atoms with E-state index in [2.05, 4.69) is 12.2 Å². The molecule has 2 aliphatic heterocycles. The number of piperazine rings is 1. The molecule has 0 amide bonds. The Hall–Kier alpha value is -0.420. The van der Waals surface area contributed by atoms with Crippen LogP contribution in [0.1, 0.15) is 25.7 Å². The van der Waals surface area contributed by atoms with Crippen LogP contribution < -0.4 is 14.7 Å². The second-order valence-electron chi connectivity index (χ2n) is 8.65. The van der Waals surface area contributed by atoms with Gasteiger partial charge in [0.2, 0.25) is 0 Å². The SMILES string of the molecule is OCC[NH+]1CC[NH+](C2CC[NH+](C[C@@H]3C[C@H]4C=C[C@@H]3C4)CC2)CC1. The molecule has 4 heteroatoms. The summed E-state index contributed by atoms with van der Waals surface area (Å²) in [4.78, 5) is 5.38. The van der Waals surface area contributed by atoms with Crippen LogP contribution in [0.2, 0.25) is 0 Å². The molecule has 0 aromatic heterocycles. The van der Waals surface area contributed by atoms with Crippen molar-refractivity contribution >= 4 is 0 Å². The fourth-order valence-corrected chi connectivity index (χ4v) is 5.88. The normalized spacial score (nSPS) is 46.4. The molecule has 4 N–H and O–H groups in total. The van der Waals surface area contributed by atoms with E-state index >= 15 is 0 Å². The van der Waals surface area contributed by atoms with Gasteiger partial charge in [-0.15, -0.1) is 0 Å². The van der Waals surface area contributed by atoms with Crippen molar-refractivity contribution in [3.8, 4) is 0 Å². The summed E-state index contributed by atoms with van der Waals surface area (Å²) in [6, 6.07) is 0.925. The van der Waals surface area contributed by atoms with Crippen molar-refractivity contribution in [2.75, 3.05) is 59.0 Å². The molecular weight excluding hydrogens is 286 g/mol. The topological polar surface area (TPSA) is 33.6 Å². The average molecular weight is 323 g/mol. The Morgan fingerprint density at radius 2 is 1.65 bits per heavy atom. The van der Waals surface area contributed by atoms with Gasteiger partial charge < -0.3 is 19.8 Å². The second kappa shape index (κ2) is 7.22. The number of quaternary nitrogens is 3. The average Bonchev–Trinajstić information content (AvgIpc) is 3.20. The van der Waals surface area contributed by atoms with Crippen molar-refractivity contribution in [1.82, 2.24) is 0 Å². The molecule has 4 rings (SSSR count). The summed E-state index contributed by atoms with van der Waals surface area (Å²) in [6.07, 6.45) is 10.8. The van der Waals surface area contributed by atoms with E-state index in [9.17, 15) is 0 Å². The van der Waals surface area contributed by atoms with Gasteiger partial charge in [-0.2, -0.15) is 0 Å². The molecule has 2 heterocycles. The third kappa shape index (κ3) is 3.65. The lowest BCUT2D eigenvalue weighted by Gasteiger charge is -2.38. The zero-order valence-corrected chi connectivity index (χ0v) is 14.6. The summed E-state index contributed by atoms with van der Waals surface area (Å²) in [5.74, 6) is 2.86. The van der Waals surface area contributed by atoms with Crippen molar-refractivity contribution < 1.29 is 19.8 Å². The van der Waals surface area contributed by atoms with Gasteiger partial charge in [0.05, 0.1) is 32.3 Å². The maximum atomic E-state index is 9.08. The summed E-state index contributed by atoms with van der Waals surface area (Å²) in [5.41, 5.74) is 0. The van der Waals surface area contributed by atoms with Gasteiger partial charge in [0.1, 0.15) is 32.7 Å². The van der Waals surface area contributed by atoms with Crippen LogP contribution in [0.4, 0.5) is 0 Å². The van der Waals surface area contributed by atoms with Crippen LogP contribution >= 0.6 is 0 Å². The maximum Gasteiger partial charge on any atom is 0.127 e. The Bertz CT molecular complexity index is 411. The zero-order chi connectivity index (χ0) is 15.6. The fourth-order valence-electron chi connectivity index (χ4n) is 5.88. The van der Waals surface area contributed by atoms with Crippen LogP contribution in [0, 0.1) is 17.8 Å². The third-order valence-electron chi connectivity index (χ3n) is 7.30. The number of nitrogens with one attached hydrogen (secondary N) is 3. The first-order chi connectivity index (χ1) is 11.3. The monoisotopic (exact) mass is 322 g/mol. The predicted molar refractivity (Wildman–Crippen MR) is 90.8 cm³/mol. The highest BCUT2D eigenvalue weighted by molar-refractivity contribution is 5.09. The van der Waals surface area contributed by atoms with Gasteiger partial charge in [-0.05, 0) is 24.7 Å². The van der Waals surface area contributed by atoms with E-state index in [0.29, 0.717) is 6.61 Å². The van der Waals surface area contributed by atoms with Gasteiger partial charge in [-0.3, -0.25) is 0 Å². The Kier molecular flexibility index (Phi) is 5.04. The lowest BCUT2D eigenvalue weighted by Crippen LogP contribution is -3.30. The molecule has 1 saturated carbocycles. The number of hydrogen-bond donors (Lipinski definition) is 4. The molecule has 0 aromatic rings. The number of aliphatic hydroxyl groups excluding tert-OH is 1. The van der Waals surface area contributed by atoms with Crippen molar-refractivity contribution in [3.63, 3.8) is 0 Å². The summed E-state index contributed by atoms with van der Waals surface area (Å²) in [7, 11) is 0. The predicted octanol–water partition coefficient (Wildman–Crippen LogP) is -2.98. The quantitative estimate of drug-likeness (QED) is 0.401. The van der Waals surface area contributed by atoms with Gasteiger partial charge in [0.15, 0.2) is 0 Å². The van der Waals surface area contributed by atoms with Gasteiger partial charge in [-0.1, -0.05) is 12.2 Å². The van der Waals surface area contributed by atoms with Crippen molar-refractivity contribution in [2.45, 2.75) is 31.7 Å². The first kappa shape index (κ1) is 16.1. The van der Waals surface area contributed by atoms with Gasteiger partial charge in [0.25, 0.3) is 0 Å². The second-order valence-corrected chi connectivity index (χ2v) is 8.65. The number of fused-ring (bicyclic) bond motifs is 2. The minimum atomic E-state index is 0.352. The fraction of sp³-hybridized carbons (Fsp3) is 0.895. The van der Waals surface area contributed by atoms with Gasteiger partial charge >= 0.3 is 0 Å². The number of hydrogen-bond acceptors (Lipinski definition) is 1. The molecule has 0 spiro atoms. The Morgan fingerprint density at radius 1 is 0.870 bits per heavy atom. The number of aliphatic hydroxyl groups is 1. The minimum absolute atomic E-state index is 0.352. The molecule has 0 unspecified atom stereocenters. The lowest BCUT2D eigenvalue weighted by atomic mass is 9.92. The lowest BCUT2D eigenvalue weighted by molar-refractivity contribution is -1.03. The van der Waals surface area contributed by atoms with E-state index in [4.69, 9.17) is 5.11 Å². The molecule has 2 saturated heterocycles. The zero-order valence-electron chi connectivity index (χ0n) is 14.6. The first-order valence-electron chi connectivity index (χ1n) is 10.1. The molecule has 23 heavy (non-hydrogen) atoms. The van der Waals surface area contributed by atoms with E-state index in [1.807, 2.05) is 9.80 Å². The largest absolute Gasteiger partial charge is 0.391 e. The molecule has 3 fully saturated rings. The van der Waals surface area contributed by atoms with Crippen LogP contribution in [0.25, 0.3) is 0 Å². The highest BCUT2D eigenvalue weighted by Crippen LogP contribution is 2.42. The van der Waals surface area contributed by atoms with Crippen LogP contribution in [-0.4, -0.2) is 70.1 Å². The van der Waals surface area contributed by atoms with E-state index in [-0.39, 0.29) is 0 Å². The summed E-state index contributed by atoms with van der Waals surface area (Å²) in [6.45, 7) is 10.8. The Labute approximate surface area is 141 Å².